The summed E-state index contributed by atoms with van der Waals surface area (Å²) in [5, 5.41) is 3.80. The van der Waals surface area contributed by atoms with E-state index in [-0.39, 0.29) is 5.91 Å². The molecule has 0 unspecified atom stereocenters. The largest absolute Gasteiger partial charge is 0.335 e. The Hall–Kier alpha value is -1.09. The second-order valence-corrected chi connectivity index (χ2v) is 4.07. The lowest BCUT2D eigenvalue weighted by Gasteiger charge is -2.20. The van der Waals surface area contributed by atoms with E-state index in [1.807, 2.05) is 30.7 Å². The Kier molecular flexibility index (Phi) is 3.89. The summed E-state index contributed by atoms with van der Waals surface area (Å²) in [6.07, 6.45) is 0. The van der Waals surface area contributed by atoms with Gasteiger partial charge in [0.05, 0.1) is 5.56 Å². The molecule has 0 radical (unpaired) electrons. The summed E-state index contributed by atoms with van der Waals surface area (Å²) in [6, 6.07) is 1.86. The molecule has 0 bridgehead atoms. The van der Waals surface area contributed by atoms with Gasteiger partial charge < -0.3 is 4.90 Å². The Labute approximate surface area is 88.9 Å². The van der Waals surface area contributed by atoms with Crippen molar-refractivity contribution in [3.8, 4) is 0 Å². The molecule has 14 heavy (non-hydrogen) atoms. The molecule has 0 aliphatic carbocycles. The van der Waals surface area contributed by atoms with Crippen LogP contribution in [-0.4, -0.2) is 23.9 Å². The van der Waals surface area contributed by atoms with E-state index in [2.05, 4.69) is 6.58 Å². The van der Waals surface area contributed by atoms with Crippen LogP contribution in [-0.2, 0) is 0 Å². The van der Waals surface area contributed by atoms with Crippen molar-refractivity contribution in [2.75, 3.05) is 13.1 Å². The molecular weight excluding hydrogens is 194 g/mol. The van der Waals surface area contributed by atoms with Crippen molar-refractivity contribution in [1.82, 2.24) is 4.90 Å². The summed E-state index contributed by atoms with van der Waals surface area (Å²) >= 11 is 1.54. The fourth-order valence-corrected chi connectivity index (χ4v) is 1.85. The van der Waals surface area contributed by atoms with E-state index in [1.165, 1.54) is 0 Å². The fraction of sp³-hybridized carbons (Fsp3) is 0.364. The lowest BCUT2D eigenvalue weighted by Crippen LogP contribution is -2.31. The molecule has 0 saturated heterocycles. The zero-order chi connectivity index (χ0) is 10.6. The van der Waals surface area contributed by atoms with Crippen molar-refractivity contribution in [3.05, 3.63) is 34.5 Å². The van der Waals surface area contributed by atoms with Crippen molar-refractivity contribution < 1.29 is 4.79 Å². The van der Waals surface area contributed by atoms with Crippen LogP contribution in [0.15, 0.2) is 29.0 Å². The van der Waals surface area contributed by atoms with Crippen LogP contribution in [0.1, 0.15) is 24.2 Å². The predicted octanol–water partition coefficient (Wildman–Crippen LogP) is 2.79. The highest BCUT2D eigenvalue weighted by atomic mass is 32.1. The molecule has 0 fully saturated rings. The van der Waals surface area contributed by atoms with Gasteiger partial charge in [0.25, 0.3) is 5.91 Å². The Bertz CT molecular complexity index is 316. The Morgan fingerprint density at radius 3 is 2.79 bits per heavy atom. The standard InChI is InChI=1S/C11H15NOS/c1-4-12(7-9(2)3)11(13)10-5-6-14-8-10/h5-6,8H,2,4,7H2,1,3H3. The number of hydrogen-bond acceptors (Lipinski definition) is 2. The van der Waals surface area contributed by atoms with Gasteiger partial charge in [-0.1, -0.05) is 12.2 Å². The van der Waals surface area contributed by atoms with Crippen molar-refractivity contribution in [2.24, 2.45) is 0 Å². The van der Waals surface area contributed by atoms with Gasteiger partial charge in [0.1, 0.15) is 0 Å². The van der Waals surface area contributed by atoms with Crippen LogP contribution < -0.4 is 0 Å². The SMILES string of the molecule is C=C(C)CN(CC)C(=O)c1ccsc1. The second kappa shape index (κ2) is 4.96. The number of thiophene rings is 1. The number of rotatable bonds is 4. The minimum atomic E-state index is 0.0942. The Balaban J connectivity index is 2.70. The quantitative estimate of drug-likeness (QED) is 0.698. The molecule has 0 saturated carbocycles. The van der Waals surface area contributed by atoms with Crippen LogP contribution in [0.5, 0.6) is 0 Å². The molecule has 76 valence electrons. The molecular formula is C11H15NOS. The first-order chi connectivity index (χ1) is 6.65. The van der Waals surface area contributed by atoms with Crippen LogP contribution in [0.25, 0.3) is 0 Å². The average Bonchev–Trinajstić information content (AvgIpc) is 2.65. The molecule has 0 N–H and O–H groups in total. The summed E-state index contributed by atoms with van der Waals surface area (Å²) in [5.41, 5.74) is 1.79. The van der Waals surface area contributed by atoms with E-state index in [9.17, 15) is 4.79 Å². The lowest BCUT2D eigenvalue weighted by molar-refractivity contribution is 0.0779. The van der Waals surface area contributed by atoms with E-state index in [4.69, 9.17) is 0 Å². The molecule has 1 heterocycles. The van der Waals surface area contributed by atoms with Crippen LogP contribution in [0.3, 0.4) is 0 Å². The highest BCUT2D eigenvalue weighted by Crippen LogP contribution is 2.10. The zero-order valence-corrected chi connectivity index (χ0v) is 9.43. The first-order valence-corrected chi connectivity index (χ1v) is 5.55. The second-order valence-electron chi connectivity index (χ2n) is 3.29. The topological polar surface area (TPSA) is 20.3 Å². The number of amides is 1. The molecule has 1 amide bonds. The number of nitrogens with zero attached hydrogens (tertiary/aromatic N) is 1. The van der Waals surface area contributed by atoms with E-state index in [0.29, 0.717) is 6.54 Å². The average molecular weight is 209 g/mol. The molecule has 1 aromatic heterocycles. The highest BCUT2D eigenvalue weighted by molar-refractivity contribution is 7.08. The Morgan fingerprint density at radius 1 is 1.64 bits per heavy atom. The third-order valence-electron chi connectivity index (χ3n) is 1.90. The van der Waals surface area contributed by atoms with Crippen LogP contribution >= 0.6 is 11.3 Å². The summed E-state index contributed by atoms with van der Waals surface area (Å²) in [5.74, 6) is 0.0942. The third-order valence-corrected chi connectivity index (χ3v) is 2.58. The fourth-order valence-electron chi connectivity index (χ4n) is 1.22. The lowest BCUT2D eigenvalue weighted by atomic mass is 10.2. The highest BCUT2D eigenvalue weighted by Gasteiger charge is 2.13. The molecule has 1 aromatic rings. The summed E-state index contributed by atoms with van der Waals surface area (Å²) in [6.45, 7) is 9.10. The van der Waals surface area contributed by atoms with Gasteiger partial charge >= 0.3 is 0 Å². The van der Waals surface area contributed by atoms with Crippen LogP contribution in [0.4, 0.5) is 0 Å². The van der Waals surface area contributed by atoms with Crippen molar-refractivity contribution in [3.63, 3.8) is 0 Å². The maximum Gasteiger partial charge on any atom is 0.254 e. The van der Waals surface area contributed by atoms with E-state index < -0.39 is 0 Å². The van der Waals surface area contributed by atoms with E-state index >= 15 is 0 Å². The van der Waals surface area contributed by atoms with Gasteiger partial charge in [0, 0.05) is 18.5 Å². The minimum absolute atomic E-state index is 0.0942. The molecule has 2 nitrogen and oxygen atoms in total. The first-order valence-electron chi connectivity index (χ1n) is 4.61. The van der Waals surface area contributed by atoms with Gasteiger partial charge in [-0.25, -0.2) is 0 Å². The third kappa shape index (κ3) is 2.70. The molecule has 1 rings (SSSR count). The van der Waals surface area contributed by atoms with Crippen LogP contribution in [0, 0.1) is 0 Å². The number of carbonyl (C=O) groups excluding carboxylic acids is 1. The predicted molar refractivity (Wildman–Crippen MR) is 60.7 cm³/mol. The maximum atomic E-state index is 11.9. The summed E-state index contributed by atoms with van der Waals surface area (Å²) in [7, 11) is 0. The van der Waals surface area contributed by atoms with Crippen molar-refractivity contribution in [1.29, 1.82) is 0 Å². The normalized spacial score (nSPS) is 9.86. The number of hydrogen-bond donors (Lipinski definition) is 0. The molecule has 0 aliphatic heterocycles. The summed E-state index contributed by atoms with van der Waals surface area (Å²) < 4.78 is 0. The van der Waals surface area contributed by atoms with E-state index in [0.717, 1.165) is 17.7 Å². The summed E-state index contributed by atoms with van der Waals surface area (Å²) in [4.78, 5) is 13.7. The van der Waals surface area contributed by atoms with Crippen molar-refractivity contribution in [2.45, 2.75) is 13.8 Å². The molecule has 3 heteroatoms. The minimum Gasteiger partial charge on any atom is -0.335 e. The number of likely N-dealkylation sites (N-methyl/N-ethyl adjacent to an activating group) is 1. The van der Waals surface area contributed by atoms with Gasteiger partial charge in [0.2, 0.25) is 0 Å². The van der Waals surface area contributed by atoms with Gasteiger partial charge in [-0.2, -0.15) is 11.3 Å². The maximum absolute atomic E-state index is 11.9. The van der Waals surface area contributed by atoms with Gasteiger partial charge in [-0.3, -0.25) is 4.79 Å². The Morgan fingerprint density at radius 2 is 2.36 bits per heavy atom. The molecule has 0 aliphatic rings. The zero-order valence-electron chi connectivity index (χ0n) is 8.62. The van der Waals surface area contributed by atoms with Crippen LogP contribution in [0.2, 0.25) is 0 Å². The number of carbonyl (C=O) groups is 1. The smallest absolute Gasteiger partial charge is 0.254 e. The van der Waals surface area contributed by atoms with E-state index in [1.54, 1.807) is 16.2 Å². The van der Waals surface area contributed by atoms with Gasteiger partial charge in [-0.15, -0.1) is 0 Å². The molecule has 0 aromatic carbocycles. The first kappa shape index (κ1) is 11.0. The van der Waals surface area contributed by atoms with Gasteiger partial charge in [0.15, 0.2) is 0 Å². The molecule has 0 spiro atoms. The monoisotopic (exact) mass is 209 g/mol. The molecule has 0 atom stereocenters. The van der Waals surface area contributed by atoms with Crippen molar-refractivity contribution >= 4 is 17.2 Å². The van der Waals surface area contributed by atoms with Gasteiger partial charge in [-0.05, 0) is 25.3 Å².